The van der Waals surface area contributed by atoms with Crippen LogP contribution in [0, 0.1) is 24.2 Å². The van der Waals surface area contributed by atoms with Gasteiger partial charge in [-0.3, -0.25) is 0 Å². The van der Waals surface area contributed by atoms with Crippen molar-refractivity contribution in [3.63, 3.8) is 0 Å². The van der Waals surface area contributed by atoms with Crippen LogP contribution in [0.15, 0.2) is 12.1 Å². The standard InChI is InChI=1S/C19H33NS/c1-14(12-18-11-6-15(2)21-18)20-13-16-7-9-17(10-8-16)19(3,4)5/h6,11,14,16-17,20H,7-10,12-13H2,1-5H3. The zero-order valence-corrected chi connectivity index (χ0v) is 15.4. The van der Waals surface area contributed by atoms with Crippen LogP contribution in [0.2, 0.25) is 0 Å². The van der Waals surface area contributed by atoms with Crippen molar-refractivity contribution in [2.75, 3.05) is 6.54 Å². The van der Waals surface area contributed by atoms with Crippen LogP contribution in [0.1, 0.15) is 63.1 Å². The van der Waals surface area contributed by atoms with Crippen LogP contribution >= 0.6 is 11.3 Å². The molecule has 0 spiro atoms. The van der Waals surface area contributed by atoms with Crippen LogP contribution < -0.4 is 5.32 Å². The highest BCUT2D eigenvalue weighted by Gasteiger charge is 2.29. The van der Waals surface area contributed by atoms with Gasteiger partial charge in [0.25, 0.3) is 0 Å². The predicted octanol–water partition coefficient (Wildman–Crippen LogP) is 5.43. The molecule has 1 aromatic heterocycles. The monoisotopic (exact) mass is 307 g/mol. The first kappa shape index (κ1) is 17.0. The lowest BCUT2D eigenvalue weighted by Gasteiger charge is -2.37. The normalized spacial score (nSPS) is 25.0. The molecule has 1 saturated carbocycles. The van der Waals surface area contributed by atoms with Gasteiger partial charge in [-0.05, 0) is 81.9 Å². The first-order chi connectivity index (χ1) is 9.84. The Morgan fingerprint density at radius 3 is 2.38 bits per heavy atom. The lowest BCUT2D eigenvalue weighted by Crippen LogP contribution is -2.35. The van der Waals surface area contributed by atoms with Crippen molar-refractivity contribution < 1.29 is 0 Å². The number of rotatable bonds is 5. The van der Waals surface area contributed by atoms with E-state index in [1.165, 1.54) is 48.4 Å². The zero-order valence-electron chi connectivity index (χ0n) is 14.5. The molecule has 0 saturated heterocycles. The molecule has 0 bridgehead atoms. The minimum Gasteiger partial charge on any atom is -0.314 e. The summed E-state index contributed by atoms with van der Waals surface area (Å²) in [7, 11) is 0. The molecule has 21 heavy (non-hydrogen) atoms. The van der Waals surface area contributed by atoms with E-state index in [2.05, 4.69) is 52.1 Å². The van der Waals surface area contributed by atoms with Crippen molar-refractivity contribution in [3.8, 4) is 0 Å². The van der Waals surface area contributed by atoms with Gasteiger partial charge in [0.1, 0.15) is 0 Å². The smallest absolute Gasteiger partial charge is 0.00871 e. The van der Waals surface area contributed by atoms with E-state index in [4.69, 9.17) is 0 Å². The van der Waals surface area contributed by atoms with Gasteiger partial charge in [-0.15, -0.1) is 11.3 Å². The van der Waals surface area contributed by atoms with E-state index in [1.54, 1.807) is 0 Å². The summed E-state index contributed by atoms with van der Waals surface area (Å²) in [5.74, 6) is 1.83. The number of thiophene rings is 1. The maximum Gasteiger partial charge on any atom is 0.00871 e. The molecule has 1 unspecified atom stereocenters. The first-order valence-corrected chi connectivity index (χ1v) is 9.45. The van der Waals surface area contributed by atoms with Gasteiger partial charge < -0.3 is 5.32 Å². The molecular formula is C19H33NS. The minimum atomic E-state index is 0.503. The molecule has 1 atom stereocenters. The maximum absolute atomic E-state index is 3.77. The van der Waals surface area contributed by atoms with Gasteiger partial charge in [-0.25, -0.2) is 0 Å². The minimum absolute atomic E-state index is 0.503. The molecular weight excluding hydrogens is 274 g/mol. The van der Waals surface area contributed by atoms with Crippen molar-refractivity contribution in [2.24, 2.45) is 17.3 Å². The highest BCUT2D eigenvalue weighted by atomic mass is 32.1. The van der Waals surface area contributed by atoms with E-state index in [1.807, 2.05) is 11.3 Å². The number of hydrogen-bond donors (Lipinski definition) is 1. The molecule has 0 radical (unpaired) electrons. The SMILES string of the molecule is Cc1ccc(CC(C)NCC2CCC(C(C)(C)C)CC2)s1. The molecule has 120 valence electrons. The predicted molar refractivity (Wildman–Crippen MR) is 95.1 cm³/mol. The molecule has 0 amide bonds. The Kier molecular flexibility index (Phi) is 5.90. The van der Waals surface area contributed by atoms with E-state index in [9.17, 15) is 0 Å². The van der Waals surface area contributed by atoms with Gasteiger partial charge in [0.05, 0.1) is 0 Å². The van der Waals surface area contributed by atoms with E-state index >= 15 is 0 Å². The van der Waals surface area contributed by atoms with Gasteiger partial charge in [0.2, 0.25) is 0 Å². The summed E-state index contributed by atoms with van der Waals surface area (Å²) >= 11 is 1.94. The highest BCUT2D eigenvalue weighted by molar-refractivity contribution is 7.11. The maximum atomic E-state index is 3.77. The summed E-state index contributed by atoms with van der Waals surface area (Å²) in [6.45, 7) is 12.9. The third-order valence-corrected chi connectivity index (χ3v) is 6.15. The van der Waals surface area contributed by atoms with E-state index in [-0.39, 0.29) is 0 Å². The Labute approximate surface area is 135 Å². The molecule has 2 heteroatoms. The van der Waals surface area contributed by atoms with Crippen molar-refractivity contribution in [3.05, 3.63) is 21.9 Å². The van der Waals surface area contributed by atoms with Crippen LogP contribution in [-0.2, 0) is 6.42 Å². The second-order valence-corrected chi connectivity index (χ2v) is 9.48. The fourth-order valence-electron chi connectivity index (χ4n) is 3.57. The van der Waals surface area contributed by atoms with Gasteiger partial charge >= 0.3 is 0 Å². The van der Waals surface area contributed by atoms with Crippen LogP contribution in [0.3, 0.4) is 0 Å². The lowest BCUT2D eigenvalue weighted by atomic mass is 9.70. The largest absolute Gasteiger partial charge is 0.314 e. The molecule has 0 aromatic carbocycles. The number of nitrogens with one attached hydrogen (secondary N) is 1. The van der Waals surface area contributed by atoms with E-state index < -0.39 is 0 Å². The number of hydrogen-bond acceptors (Lipinski definition) is 2. The third-order valence-electron chi connectivity index (χ3n) is 5.13. The quantitative estimate of drug-likeness (QED) is 0.765. The Balaban J connectivity index is 1.67. The van der Waals surface area contributed by atoms with E-state index in [0.717, 1.165) is 11.8 Å². The first-order valence-electron chi connectivity index (χ1n) is 8.63. The Morgan fingerprint density at radius 1 is 1.19 bits per heavy atom. The van der Waals surface area contributed by atoms with E-state index in [0.29, 0.717) is 11.5 Å². The average molecular weight is 308 g/mol. The summed E-state index contributed by atoms with van der Waals surface area (Å²) < 4.78 is 0. The van der Waals surface area contributed by atoms with Crippen LogP contribution in [0.5, 0.6) is 0 Å². The molecule has 1 N–H and O–H groups in total. The molecule has 1 fully saturated rings. The second-order valence-electron chi connectivity index (χ2n) is 8.11. The van der Waals surface area contributed by atoms with Crippen molar-refractivity contribution in [2.45, 2.75) is 72.8 Å². The molecule has 1 nitrogen and oxygen atoms in total. The highest BCUT2D eigenvalue weighted by Crippen LogP contribution is 2.39. The molecule has 2 rings (SSSR count). The van der Waals surface area contributed by atoms with Gasteiger partial charge in [-0.1, -0.05) is 20.8 Å². The summed E-state index contributed by atoms with van der Waals surface area (Å²) in [4.78, 5) is 2.95. The summed E-state index contributed by atoms with van der Waals surface area (Å²) in [5.41, 5.74) is 0.503. The topological polar surface area (TPSA) is 12.0 Å². The molecule has 0 aliphatic heterocycles. The molecule has 1 aromatic rings. The Hall–Kier alpha value is -0.340. The Bertz CT molecular complexity index is 421. The summed E-state index contributed by atoms with van der Waals surface area (Å²) in [6.07, 6.45) is 6.86. The molecule has 1 aliphatic rings. The Morgan fingerprint density at radius 2 is 1.86 bits per heavy atom. The lowest BCUT2D eigenvalue weighted by molar-refractivity contribution is 0.148. The van der Waals surface area contributed by atoms with Crippen LogP contribution in [-0.4, -0.2) is 12.6 Å². The molecule has 1 aliphatic carbocycles. The average Bonchev–Trinajstić information content (AvgIpc) is 2.81. The van der Waals surface area contributed by atoms with Crippen LogP contribution in [0.4, 0.5) is 0 Å². The van der Waals surface area contributed by atoms with Gasteiger partial charge in [0.15, 0.2) is 0 Å². The van der Waals surface area contributed by atoms with Crippen molar-refractivity contribution in [1.29, 1.82) is 0 Å². The summed E-state index contributed by atoms with van der Waals surface area (Å²) in [5, 5.41) is 3.77. The van der Waals surface area contributed by atoms with Gasteiger partial charge in [0, 0.05) is 15.8 Å². The van der Waals surface area contributed by atoms with Crippen molar-refractivity contribution in [1.82, 2.24) is 5.32 Å². The fourth-order valence-corrected chi connectivity index (χ4v) is 4.59. The van der Waals surface area contributed by atoms with Crippen LogP contribution in [0.25, 0.3) is 0 Å². The fraction of sp³-hybridized carbons (Fsp3) is 0.789. The second kappa shape index (κ2) is 7.28. The summed E-state index contributed by atoms with van der Waals surface area (Å²) in [6, 6.07) is 5.12. The molecule has 1 heterocycles. The van der Waals surface area contributed by atoms with Crippen molar-refractivity contribution >= 4 is 11.3 Å². The number of aryl methyl sites for hydroxylation is 1. The van der Waals surface area contributed by atoms with Gasteiger partial charge in [-0.2, -0.15) is 0 Å². The zero-order chi connectivity index (χ0) is 15.5. The third kappa shape index (κ3) is 5.41.